The molecule has 0 spiro atoms. The molecule has 1 amide bonds. The number of hydrogen-bond donors (Lipinski definition) is 2. The van der Waals surface area contributed by atoms with Gasteiger partial charge in [-0.2, -0.15) is 10.1 Å². The van der Waals surface area contributed by atoms with E-state index in [-0.39, 0.29) is 11.9 Å². The van der Waals surface area contributed by atoms with Crippen LogP contribution in [0, 0.1) is 5.92 Å². The number of halogens is 1. The van der Waals surface area contributed by atoms with Crippen molar-refractivity contribution < 1.29 is 4.79 Å². The molecule has 1 aliphatic rings. The van der Waals surface area contributed by atoms with E-state index in [1.165, 1.54) is 6.33 Å². The summed E-state index contributed by atoms with van der Waals surface area (Å²) < 4.78 is 2.64. The van der Waals surface area contributed by atoms with E-state index < -0.39 is 5.92 Å². The van der Waals surface area contributed by atoms with E-state index in [1.807, 2.05) is 24.3 Å². The number of carbonyl (C=O) groups is 1. The van der Waals surface area contributed by atoms with Crippen LogP contribution in [0.1, 0.15) is 11.6 Å². The van der Waals surface area contributed by atoms with Gasteiger partial charge in [-0.25, -0.2) is 4.68 Å². The van der Waals surface area contributed by atoms with Crippen molar-refractivity contribution in [2.75, 3.05) is 10.6 Å². The molecule has 0 radical (unpaired) electrons. The number of hydrogen-bond acceptors (Lipinski definition) is 5. The topological polar surface area (TPSA) is 84.7 Å². The number of nitrogens with one attached hydrogen (secondary N) is 2. The van der Waals surface area contributed by atoms with Gasteiger partial charge in [-0.3, -0.25) is 9.78 Å². The fourth-order valence-corrected chi connectivity index (χ4v) is 3.50. The highest BCUT2D eigenvalue weighted by molar-refractivity contribution is 9.10. The molecule has 7 nitrogen and oxygen atoms in total. The van der Waals surface area contributed by atoms with Crippen LogP contribution in [0.25, 0.3) is 0 Å². The van der Waals surface area contributed by atoms with Gasteiger partial charge in [0.05, 0.1) is 17.9 Å². The quantitative estimate of drug-likeness (QED) is 0.692. The minimum absolute atomic E-state index is 0.193. The maximum absolute atomic E-state index is 13.1. The number of amides is 1. The summed E-state index contributed by atoms with van der Waals surface area (Å²) in [6, 6.07) is 11.0. The first kappa shape index (κ1) is 16.5. The summed E-state index contributed by atoms with van der Waals surface area (Å²) in [6.45, 7) is 4.05. The zero-order chi connectivity index (χ0) is 18.1. The highest BCUT2D eigenvalue weighted by atomic mass is 79.9. The molecule has 1 aliphatic heterocycles. The predicted molar refractivity (Wildman–Crippen MR) is 101 cm³/mol. The monoisotopic (exact) mass is 410 g/mol. The Balaban J connectivity index is 1.75. The van der Waals surface area contributed by atoms with Gasteiger partial charge in [0.15, 0.2) is 0 Å². The molecule has 0 saturated carbocycles. The van der Waals surface area contributed by atoms with Crippen molar-refractivity contribution in [1.82, 2.24) is 19.7 Å². The van der Waals surface area contributed by atoms with Crippen molar-refractivity contribution in [3.05, 3.63) is 77.4 Å². The third-order valence-corrected chi connectivity index (χ3v) is 4.70. The summed E-state index contributed by atoms with van der Waals surface area (Å²) in [5.74, 6) is -0.203. The Hall–Kier alpha value is -3.00. The first-order chi connectivity index (χ1) is 12.6. The molecule has 130 valence electrons. The van der Waals surface area contributed by atoms with Crippen LogP contribution in [0.5, 0.6) is 0 Å². The molecule has 0 bridgehead atoms. The highest BCUT2D eigenvalue weighted by Crippen LogP contribution is 2.38. The van der Waals surface area contributed by atoms with Gasteiger partial charge in [-0.1, -0.05) is 34.6 Å². The van der Waals surface area contributed by atoms with E-state index in [0.717, 1.165) is 10.0 Å². The van der Waals surface area contributed by atoms with E-state index in [9.17, 15) is 4.79 Å². The molecule has 0 saturated heterocycles. The van der Waals surface area contributed by atoms with Gasteiger partial charge < -0.3 is 10.6 Å². The first-order valence-electron chi connectivity index (χ1n) is 7.95. The summed E-state index contributed by atoms with van der Waals surface area (Å²) in [7, 11) is 0. The molecule has 0 fully saturated rings. The molecule has 1 aromatic carbocycles. The molecule has 26 heavy (non-hydrogen) atoms. The van der Waals surface area contributed by atoms with Gasteiger partial charge in [0.25, 0.3) is 0 Å². The lowest BCUT2D eigenvalue weighted by molar-refractivity contribution is -0.119. The largest absolute Gasteiger partial charge is 0.328 e. The number of pyridine rings is 1. The zero-order valence-corrected chi connectivity index (χ0v) is 15.2. The third kappa shape index (κ3) is 2.99. The maximum Gasteiger partial charge on any atom is 0.236 e. The van der Waals surface area contributed by atoms with Gasteiger partial charge in [-0.15, -0.1) is 0 Å². The number of carbonyl (C=O) groups excluding carboxylic acids is 1. The van der Waals surface area contributed by atoms with E-state index >= 15 is 0 Å². The number of anilines is 2. The van der Waals surface area contributed by atoms with Crippen molar-refractivity contribution in [2.45, 2.75) is 6.04 Å². The molecule has 3 aromatic rings. The second kappa shape index (κ2) is 6.72. The number of aromatic nitrogens is 4. The van der Waals surface area contributed by atoms with Crippen LogP contribution in [-0.4, -0.2) is 25.7 Å². The SMILES string of the molecule is C=C1Nc2ncnn2C(c2cccc(Br)c2)C1C(=O)Nc1cccnc1. The van der Waals surface area contributed by atoms with Crippen molar-refractivity contribution >= 4 is 33.5 Å². The van der Waals surface area contributed by atoms with Crippen LogP contribution in [0.2, 0.25) is 0 Å². The lowest BCUT2D eigenvalue weighted by Gasteiger charge is -2.33. The highest BCUT2D eigenvalue weighted by Gasteiger charge is 2.39. The Kier molecular flexibility index (Phi) is 4.26. The minimum atomic E-state index is -0.571. The third-order valence-electron chi connectivity index (χ3n) is 4.20. The molecule has 2 atom stereocenters. The number of rotatable bonds is 3. The van der Waals surface area contributed by atoms with Gasteiger partial charge in [0, 0.05) is 16.4 Å². The minimum Gasteiger partial charge on any atom is -0.328 e. The lowest BCUT2D eigenvalue weighted by atomic mass is 9.88. The number of fused-ring (bicyclic) bond motifs is 1. The van der Waals surface area contributed by atoms with Crippen LogP contribution in [0.4, 0.5) is 11.6 Å². The second-order valence-electron chi connectivity index (χ2n) is 5.89. The van der Waals surface area contributed by atoms with Gasteiger partial charge >= 0.3 is 0 Å². The normalized spacial score (nSPS) is 18.7. The fraction of sp³-hybridized carbons (Fsp3) is 0.111. The molecule has 0 aliphatic carbocycles. The fourth-order valence-electron chi connectivity index (χ4n) is 3.08. The Morgan fingerprint density at radius 2 is 2.19 bits per heavy atom. The molecule has 2 unspecified atom stereocenters. The summed E-state index contributed by atoms with van der Waals surface area (Å²) >= 11 is 3.49. The summed E-state index contributed by atoms with van der Waals surface area (Å²) in [4.78, 5) is 21.3. The van der Waals surface area contributed by atoms with E-state index in [4.69, 9.17) is 0 Å². The van der Waals surface area contributed by atoms with Crippen LogP contribution in [0.15, 0.2) is 71.9 Å². The number of nitrogens with zero attached hydrogens (tertiary/aromatic N) is 4. The van der Waals surface area contributed by atoms with Crippen LogP contribution in [-0.2, 0) is 4.79 Å². The maximum atomic E-state index is 13.1. The van der Waals surface area contributed by atoms with E-state index in [0.29, 0.717) is 17.3 Å². The summed E-state index contributed by atoms with van der Waals surface area (Å²) in [5.41, 5.74) is 2.12. The Morgan fingerprint density at radius 1 is 1.31 bits per heavy atom. The second-order valence-corrected chi connectivity index (χ2v) is 6.80. The molecule has 2 aromatic heterocycles. The van der Waals surface area contributed by atoms with Crippen molar-refractivity contribution in [1.29, 1.82) is 0 Å². The van der Waals surface area contributed by atoms with E-state index in [2.05, 4.69) is 48.2 Å². The average molecular weight is 411 g/mol. The molecule has 4 rings (SSSR count). The Bertz CT molecular complexity index is 971. The van der Waals surface area contributed by atoms with Crippen LogP contribution >= 0.6 is 15.9 Å². The van der Waals surface area contributed by atoms with Crippen molar-refractivity contribution in [3.63, 3.8) is 0 Å². The van der Waals surface area contributed by atoms with Gasteiger partial charge in [-0.05, 0) is 29.8 Å². The molecule has 8 heteroatoms. The predicted octanol–water partition coefficient (Wildman–Crippen LogP) is 3.22. The van der Waals surface area contributed by atoms with E-state index in [1.54, 1.807) is 29.2 Å². The van der Waals surface area contributed by atoms with Crippen LogP contribution in [0.3, 0.4) is 0 Å². The lowest BCUT2D eigenvalue weighted by Crippen LogP contribution is -2.39. The van der Waals surface area contributed by atoms with Crippen LogP contribution < -0.4 is 10.6 Å². The van der Waals surface area contributed by atoms with Gasteiger partial charge in [0.2, 0.25) is 11.9 Å². The first-order valence-corrected chi connectivity index (χ1v) is 8.74. The van der Waals surface area contributed by atoms with Gasteiger partial charge in [0.1, 0.15) is 12.2 Å². The smallest absolute Gasteiger partial charge is 0.236 e. The molecular weight excluding hydrogens is 396 g/mol. The van der Waals surface area contributed by atoms with Crippen molar-refractivity contribution in [2.24, 2.45) is 5.92 Å². The van der Waals surface area contributed by atoms with Crippen molar-refractivity contribution in [3.8, 4) is 0 Å². The molecule has 2 N–H and O–H groups in total. The average Bonchev–Trinajstić information content (AvgIpc) is 3.09. The zero-order valence-electron chi connectivity index (χ0n) is 13.6. The standard InChI is InChI=1S/C18H15BrN6O/c1-11-15(17(26)24-14-6-3-7-20-9-14)16(12-4-2-5-13(19)8-12)25-18(23-11)21-10-22-25/h2-10,15-16H,1H2,(H,24,26)(H,21,22,23). The Labute approximate surface area is 158 Å². The summed E-state index contributed by atoms with van der Waals surface area (Å²) in [5, 5.41) is 10.3. The molecular formula is C18H15BrN6O. The summed E-state index contributed by atoms with van der Waals surface area (Å²) in [6.07, 6.45) is 4.72. The Morgan fingerprint density at radius 3 is 2.96 bits per heavy atom. The molecule has 3 heterocycles. The number of benzene rings is 1.